The maximum absolute atomic E-state index is 11.9. The molecule has 0 radical (unpaired) electrons. The Balaban J connectivity index is 1.64. The van der Waals surface area contributed by atoms with Gasteiger partial charge in [-0.15, -0.1) is 0 Å². The zero-order valence-electron chi connectivity index (χ0n) is 14.6. The van der Waals surface area contributed by atoms with Gasteiger partial charge in [-0.3, -0.25) is 9.59 Å². The lowest BCUT2D eigenvalue weighted by Crippen LogP contribution is -2.40. The summed E-state index contributed by atoms with van der Waals surface area (Å²) in [5, 5.41) is 18.6. The number of thiophene rings is 1. The highest BCUT2D eigenvalue weighted by Crippen LogP contribution is 2.24. The highest BCUT2D eigenvalue weighted by atomic mass is 32.1. The van der Waals surface area contributed by atoms with Crippen LogP contribution in [-0.4, -0.2) is 36.6 Å². The number of hydrogen-bond acceptors (Lipinski definition) is 4. The van der Waals surface area contributed by atoms with Gasteiger partial charge in [-0.2, -0.15) is 11.3 Å². The van der Waals surface area contributed by atoms with E-state index >= 15 is 0 Å². The molecule has 1 aliphatic rings. The topological polar surface area (TPSA) is 78.4 Å². The fourth-order valence-corrected chi connectivity index (χ4v) is 3.87. The summed E-state index contributed by atoms with van der Waals surface area (Å²) < 4.78 is 0. The Hall–Kier alpha value is -1.66. The number of nitrogens with one attached hydrogen (secondary N) is 2. The van der Waals surface area contributed by atoms with Crippen molar-refractivity contribution in [3.8, 4) is 0 Å². The van der Waals surface area contributed by atoms with Crippen molar-refractivity contribution in [3.63, 3.8) is 0 Å². The summed E-state index contributed by atoms with van der Waals surface area (Å²) in [6, 6.07) is 2.04. The predicted molar refractivity (Wildman–Crippen MR) is 101 cm³/mol. The van der Waals surface area contributed by atoms with Crippen molar-refractivity contribution < 1.29 is 14.7 Å². The molecular formula is C19H28N2O3S. The van der Waals surface area contributed by atoms with Gasteiger partial charge in [0.25, 0.3) is 0 Å². The molecule has 3 N–H and O–H groups in total. The standard InChI is InChI=1S/C19H28N2O3S/c22-12-8-16(17-9-13-25-14-17)7-11-21-19(24)18(23)20-10-6-15-4-2-1-3-5-15/h4,9,13-14,16,22H,1-3,5-8,10-12H2,(H,20,23)(H,21,24)/t16-/m0/s1. The summed E-state index contributed by atoms with van der Waals surface area (Å²) in [5.74, 6) is -0.936. The van der Waals surface area contributed by atoms with Crippen molar-refractivity contribution in [2.75, 3.05) is 19.7 Å². The van der Waals surface area contributed by atoms with E-state index in [9.17, 15) is 14.7 Å². The van der Waals surface area contributed by atoms with E-state index in [1.807, 2.05) is 11.4 Å². The molecule has 0 aromatic carbocycles. The van der Waals surface area contributed by atoms with Gasteiger partial charge in [0.1, 0.15) is 0 Å². The van der Waals surface area contributed by atoms with E-state index in [0.29, 0.717) is 25.9 Å². The van der Waals surface area contributed by atoms with E-state index < -0.39 is 11.8 Å². The maximum Gasteiger partial charge on any atom is 0.309 e. The highest BCUT2D eigenvalue weighted by Gasteiger charge is 2.15. The number of carbonyl (C=O) groups is 2. The summed E-state index contributed by atoms with van der Waals surface area (Å²) in [5.41, 5.74) is 2.56. The summed E-state index contributed by atoms with van der Waals surface area (Å²) in [7, 11) is 0. The van der Waals surface area contributed by atoms with Crippen LogP contribution < -0.4 is 10.6 Å². The van der Waals surface area contributed by atoms with Crippen LogP contribution in [-0.2, 0) is 9.59 Å². The molecule has 1 aliphatic carbocycles. The first-order valence-corrected chi connectivity index (χ1v) is 10.0. The minimum atomic E-state index is -0.578. The number of rotatable bonds is 9. The number of aliphatic hydroxyl groups is 1. The zero-order valence-corrected chi connectivity index (χ0v) is 15.4. The van der Waals surface area contributed by atoms with Gasteiger partial charge in [0, 0.05) is 19.7 Å². The number of aliphatic hydroxyl groups excluding tert-OH is 1. The second kappa shape index (κ2) is 11.1. The summed E-state index contributed by atoms with van der Waals surface area (Å²) in [6.07, 6.45) is 9.16. The van der Waals surface area contributed by atoms with Gasteiger partial charge < -0.3 is 15.7 Å². The first-order chi connectivity index (χ1) is 12.2. The van der Waals surface area contributed by atoms with Crippen LogP contribution in [0.4, 0.5) is 0 Å². The molecule has 6 heteroatoms. The van der Waals surface area contributed by atoms with Crippen LogP contribution in [0.25, 0.3) is 0 Å². The molecule has 0 fully saturated rings. The monoisotopic (exact) mass is 364 g/mol. The lowest BCUT2D eigenvalue weighted by atomic mass is 9.95. The number of amides is 2. The largest absolute Gasteiger partial charge is 0.396 e. The van der Waals surface area contributed by atoms with Gasteiger partial charge in [0.15, 0.2) is 0 Å². The van der Waals surface area contributed by atoms with Crippen molar-refractivity contribution in [1.82, 2.24) is 10.6 Å². The Kier molecular flexibility index (Phi) is 8.69. The summed E-state index contributed by atoms with van der Waals surface area (Å²) in [4.78, 5) is 23.7. The molecule has 1 aromatic heterocycles. The first-order valence-electron chi connectivity index (χ1n) is 9.07. The van der Waals surface area contributed by atoms with Gasteiger partial charge >= 0.3 is 11.8 Å². The smallest absolute Gasteiger partial charge is 0.309 e. The number of carbonyl (C=O) groups excluding carboxylic acids is 2. The predicted octanol–water partition coefficient (Wildman–Crippen LogP) is 2.73. The molecule has 0 spiro atoms. The molecule has 5 nitrogen and oxygen atoms in total. The Morgan fingerprint density at radius 3 is 2.60 bits per heavy atom. The normalized spacial score (nSPS) is 15.3. The van der Waals surface area contributed by atoms with Gasteiger partial charge in [0.2, 0.25) is 0 Å². The molecule has 0 unspecified atom stereocenters. The Morgan fingerprint density at radius 1 is 1.16 bits per heavy atom. The Labute approximate surface area is 153 Å². The zero-order chi connectivity index (χ0) is 17.9. The Bertz CT molecular complexity index is 569. The number of allylic oxidation sites excluding steroid dienone is 1. The van der Waals surface area contributed by atoms with Crippen molar-refractivity contribution in [1.29, 1.82) is 0 Å². The maximum atomic E-state index is 11.9. The van der Waals surface area contributed by atoms with Crippen molar-refractivity contribution in [3.05, 3.63) is 34.0 Å². The average molecular weight is 365 g/mol. The summed E-state index contributed by atoms with van der Waals surface area (Å²) >= 11 is 1.62. The number of hydrogen-bond donors (Lipinski definition) is 3. The second-order valence-electron chi connectivity index (χ2n) is 6.42. The second-order valence-corrected chi connectivity index (χ2v) is 7.20. The van der Waals surface area contributed by atoms with E-state index in [0.717, 1.165) is 19.3 Å². The van der Waals surface area contributed by atoms with Crippen molar-refractivity contribution in [2.45, 2.75) is 50.9 Å². The first kappa shape index (κ1) is 19.7. The molecule has 1 aromatic rings. The van der Waals surface area contributed by atoms with Gasteiger partial charge in [0.05, 0.1) is 0 Å². The third kappa shape index (κ3) is 7.00. The van der Waals surface area contributed by atoms with Crippen LogP contribution in [0.1, 0.15) is 56.4 Å². The molecular weight excluding hydrogens is 336 g/mol. The fourth-order valence-electron chi connectivity index (χ4n) is 3.13. The van der Waals surface area contributed by atoms with Crippen LogP contribution in [0.3, 0.4) is 0 Å². The summed E-state index contributed by atoms with van der Waals surface area (Å²) in [6.45, 7) is 1.06. The Morgan fingerprint density at radius 2 is 1.96 bits per heavy atom. The van der Waals surface area contributed by atoms with Crippen LogP contribution in [0.5, 0.6) is 0 Å². The fraction of sp³-hybridized carbons (Fsp3) is 0.579. The molecule has 138 valence electrons. The quantitative estimate of drug-likeness (QED) is 0.466. The molecule has 2 rings (SSSR count). The minimum Gasteiger partial charge on any atom is -0.396 e. The van der Waals surface area contributed by atoms with E-state index in [4.69, 9.17) is 0 Å². The van der Waals surface area contributed by atoms with Crippen LogP contribution in [0, 0.1) is 0 Å². The van der Waals surface area contributed by atoms with E-state index in [-0.39, 0.29) is 12.5 Å². The third-order valence-electron chi connectivity index (χ3n) is 4.59. The van der Waals surface area contributed by atoms with Crippen LogP contribution in [0.15, 0.2) is 28.5 Å². The molecule has 1 atom stereocenters. The van der Waals surface area contributed by atoms with Crippen molar-refractivity contribution >= 4 is 23.2 Å². The molecule has 1 heterocycles. The van der Waals surface area contributed by atoms with Crippen molar-refractivity contribution in [2.24, 2.45) is 0 Å². The molecule has 2 amide bonds. The lowest BCUT2D eigenvalue weighted by Gasteiger charge is -2.15. The minimum absolute atomic E-state index is 0.116. The third-order valence-corrected chi connectivity index (χ3v) is 5.29. The molecule has 0 saturated carbocycles. The van der Waals surface area contributed by atoms with E-state index in [1.165, 1.54) is 24.0 Å². The lowest BCUT2D eigenvalue weighted by molar-refractivity contribution is -0.139. The molecule has 0 aliphatic heterocycles. The molecule has 0 saturated heterocycles. The van der Waals surface area contributed by atoms with Crippen LogP contribution >= 0.6 is 11.3 Å². The van der Waals surface area contributed by atoms with E-state index in [1.54, 1.807) is 11.3 Å². The molecule has 0 bridgehead atoms. The SMILES string of the molecule is O=C(NCCC1=CCCCC1)C(=O)NCC[C@@H](CCO)c1ccsc1. The average Bonchev–Trinajstić information content (AvgIpc) is 3.16. The van der Waals surface area contributed by atoms with Gasteiger partial charge in [-0.1, -0.05) is 11.6 Å². The van der Waals surface area contributed by atoms with Crippen LogP contribution in [0.2, 0.25) is 0 Å². The highest BCUT2D eigenvalue weighted by molar-refractivity contribution is 7.07. The van der Waals surface area contributed by atoms with E-state index in [2.05, 4.69) is 22.1 Å². The molecule has 25 heavy (non-hydrogen) atoms. The van der Waals surface area contributed by atoms with Gasteiger partial charge in [-0.25, -0.2) is 0 Å². The van der Waals surface area contributed by atoms with Gasteiger partial charge in [-0.05, 0) is 73.3 Å².